The molecule has 0 aliphatic heterocycles. The standard InChI is InChI=1S/C18H37NO/c1-15(2)8-7-13-20-18(14-19-17(4,5)6)11-9-16(3)10-12-18/h15-16,19H,7-14H2,1-6H3. The Bertz CT molecular complexity index is 259. The molecule has 0 heterocycles. The summed E-state index contributed by atoms with van der Waals surface area (Å²) in [5.74, 6) is 1.66. The predicted octanol–water partition coefficient (Wildman–Crippen LogP) is 4.78. The first-order valence-electron chi connectivity index (χ1n) is 8.61. The van der Waals surface area contributed by atoms with Crippen LogP contribution in [0.2, 0.25) is 0 Å². The highest BCUT2D eigenvalue weighted by molar-refractivity contribution is 4.90. The van der Waals surface area contributed by atoms with Crippen molar-refractivity contribution in [2.45, 2.75) is 91.2 Å². The smallest absolute Gasteiger partial charge is 0.0806 e. The maximum atomic E-state index is 6.40. The van der Waals surface area contributed by atoms with Crippen LogP contribution in [-0.4, -0.2) is 24.3 Å². The zero-order chi connectivity index (χ0) is 15.2. The van der Waals surface area contributed by atoms with E-state index in [2.05, 4.69) is 46.9 Å². The van der Waals surface area contributed by atoms with E-state index in [0.29, 0.717) is 0 Å². The van der Waals surface area contributed by atoms with Crippen molar-refractivity contribution in [2.75, 3.05) is 13.2 Å². The fourth-order valence-electron chi connectivity index (χ4n) is 2.87. The maximum Gasteiger partial charge on any atom is 0.0806 e. The molecule has 0 radical (unpaired) electrons. The summed E-state index contributed by atoms with van der Waals surface area (Å²) in [4.78, 5) is 0. The second-order valence-corrected chi connectivity index (χ2v) is 8.35. The molecule has 0 bridgehead atoms. The van der Waals surface area contributed by atoms with Crippen molar-refractivity contribution in [1.82, 2.24) is 5.32 Å². The Kier molecular flexibility index (Phi) is 7.00. The van der Waals surface area contributed by atoms with Crippen LogP contribution in [0.3, 0.4) is 0 Å². The molecule has 0 atom stereocenters. The van der Waals surface area contributed by atoms with E-state index < -0.39 is 0 Å². The summed E-state index contributed by atoms with van der Waals surface area (Å²) in [5, 5.41) is 3.67. The van der Waals surface area contributed by atoms with Gasteiger partial charge in [0.2, 0.25) is 0 Å². The summed E-state index contributed by atoms with van der Waals surface area (Å²) in [6.45, 7) is 15.6. The van der Waals surface area contributed by atoms with Gasteiger partial charge in [0.1, 0.15) is 0 Å². The molecule has 1 rings (SSSR count). The van der Waals surface area contributed by atoms with Crippen molar-refractivity contribution < 1.29 is 4.74 Å². The maximum absolute atomic E-state index is 6.40. The average molecular weight is 284 g/mol. The Balaban J connectivity index is 2.47. The van der Waals surface area contributed by atoms with E-state index in [0.717, 1.165) is 25.0 Å². The monoisotopic (exact) mass is 283 g/mol. The van der Waals surface area contributed by atoms with Gasteiger partial charge in [-0.25, -0.2) is 0 Å². The average Bonchev–Trinajstić information content (AvgIpc) is 2.34. The fourth-order valence-corrected chi connectivity index (χ4v) is 2.87. The molecule has 120 valence electrons. The van der Waals surface area contributed by atoms with Gasteiger partial charge < -0.3 is 10.1 Å². The van der Waals surface area contributed by atoms with Crippen molar-refractivity contribution in [3.63, 3.8) is 0 Å². The number of rotatable bonds is 7. The zero-order valence-corrected chi connectivity index (χ0v) is 14.7. The summed E-state index contributed by atoms with van der Waals surface area (Å²) < 4.78 is 6.40. The largest absolute Gasteiger partial charge is 0.374 e. The van der Waals surface area contributed by atoms with Crippen LogP contribution in [0.5, 0.6) is 0 Å². The van der Waals surface area contributed by atoms with Crippen LogP contribution in [-0.2, 0) is 4.74 Å². The molecule has 0 unspecified atom stereocenters. The minimum absolute atomic E-state index is 0.0940. The molecule has 1 aliphatic rings. The molecule has 0 aromatic rings. The topological polar surface area (TPSA) is 21.3 Å². The van der Waals surface area contributed by atoms with Crippen molar-refractivity contribution in [3.8, 4) is 0 Å². The normalized spacial score (nSPS) is 28.1. The fraction of sp³-hybridized carbons (Fsp3) is 1.00. The zero-order valence-electron chi connectivity index (χ0n) is 14.7. The third-order valence-electron chi connectivity index (χ3n) is 4.46. The number of nitrogens with one attached hydrogen (secondary N) is 1. The molecule has 0 amide bonds. The van der Waals surface area contributed by atoms with E-state index in [1.165, 1.54) is 38.5 Å². The first kappa shape index (κ1) is 18.0. The summed E-state index contributed by atoms with van der Waals surface area (Å²) >= 11 is 0. The van der Waals surface area contributed by atoms with E-state index in [9.17, 15) is 0 Å². The molecular formula is C18H37NO. The first-order valence-corrected chi connectivity index (χ1v) is 8.61. The van der Waals surface area contributed by atoms with Gasteiger partial charge in [-0.2, -0.15) is 0 Å². The molecule has 2 heteroatoms. The highest BCUT2D eigenvalue weighted by atomic mass is 16.5. The lowest BCUT2D eigenvalue weighted by molar-refractivity contribution is -0.0794. The minimum atomic E-state index is 0.0940. The molecule has 0 spiro atoms. The highest BCUT2D eigenvalue weighted by Crippen LogP contribution is 2.35. The van der Waals surface area contributed by atoms with Gasteiger partial charge in [0.15, 0.2) is 0 Å². The lowest BCUT2D eigenvalue weighted by Gasteiger charge is -2.41. The molecule has 1 N–H and O–H groups in total. The summed E-state index contributed by atoms with van der Waals surface area (Å²) in [6, 6.07) is 0. The minimum Gasteiger partial charge on any atom is -0.374 e. The van der Waals surface area contributed by atoms with Gasteiger partial charge in [0, 0.05) is 18.7 Å². The molecule has 1 saturated carbocycles. The van der Waals surface area contributed by atoms with Gasteiger partial charge in [-0.1, -0.05) is 20.8 Å². The van der Waals surface area contributed by atoms with Gasteiger partial charge in [0.05, 0.1) is 5.60 Å². The first-order chi connectivity index (χ1) is 9.22. The Morgan fingerprint density at radius 1 is 1.20 bits per heavy atom. The second-order valence-electron chi connectivity index (χ2n) is 8.35. The van der Waals surface area contributed by atoms with Gasteiger partial charge in [-0.15, -0.1) is 0 Å². The van der Waals surface area contributed by atoms with Crippen LogP contribution in [0.25, 0.3) is 0 Å². The van der Waals surface area contributed by atoms with Crippen LogP contribution in [0, 0.1) is 11.8 Å². The van der Waals surface area contributed by atoms with Crippen molar-refractivity contribution in [1.29, 1.82) is 0 Å². The molecular weight excluding hydrogens is 246 g/mol. The Hall–Kier alpha value is -0.0800. The molecule has 0 saturated heterocycles. The second kappa shape index (κ2) is 7.79. The summed E-state index contributed by atoms with van der Waals surface area (Å²) in [7, 11) is 0. The molecule has 0 aromatic heterocycles. The third kappa shape index (κ3) is 7.08. The Morgan fingerprint density at radius 2 is 1.80 bits per heavy atom. The lowest BCUT2D eigenvalue weighted by Crippen LogP contribution is -2.51. The highest BCUT2D eigenvalue weighted by Gasteiger charge is 2.35. The van der Waals surface area contributed by atoms with E-state index in [1.54, 1.807) is 0 Å². The molecule has 20 heavy (non-hydrogen) atoms. The molecule has 1 fully saturated rings. The van der Waals surface area contributed by atoms with Gasteiger partial charge >= 0.3 is 0 Å². The number of ether oxygens (including phenoxy) is 1. The van der Waals surface area contributed by atoms with Gasteiger partial charge in [-0.3, -0.25) is 0 Å². The quantitative estimate of drug-likeness (QED) is 0.679. The Labute approximate surface area is 127 Å². The lowest BCUT2D eigenvalue weighted by atomic mass is 9.79. The molecule has 0 aromatic carbocycles. The van der Waals surface area contributed by atoms with Crippen LogP contribution >= 0.6 is 0 Å². The third-order valence-corrected chi connectivity index (χ3v) is 4.46. The van der Waals surface area contributed by atoms with Crippen LogP contribution in [0.1, 0.15) is 80.1 Å². The van der Waals surface area contributed by atoms with E-state index >= 15 is 0 Å². The summed E-state index contributed by atoms with van der Waals surface area (Å²) in [6.07, 6.45) is 7.55. The number of hydrogen-bond acceptors (Lipinski definition) is 2. The number of hydrogen-bond donors (Lipinski definition) is 1. The predicted molar refractivity (Wildman–Crippen MR) is 88.1 cm³/mol. The molecule has 2 nitrogen and oxygen atoms in total. The van der Waals surface area contributed by atoms with E-state index in [1.807, 2.05) is 0 Å². The summed E-state index contributed by atoms with van der Waals surface area (Å²) in [5.41, 5.74) is 0.272. The van der Waals surface area contributed by atoms with Crippen molar-refractivity contribution in [2.24, 2.45) is 11.8 Å². The Morgan fingerprint density at radius 3 is 2.30 bits per heavy atom. The van der Waals surface area contributed by atoms with Gasteiger partial charge in [0.25, 0.3) is 0 Å². The molecule has 1 aliphatic carbocycles. The SMILES string of the molecule is CC(C)CCCOC1(CNC(C)(C)C)CCC(C)CC1. The van der Waals surface area contributed by atoms with Crippen LogP contribution in [0.15, 0.2) is 0 Å². The van der Waals surface area contributed by atoms with Crippen LogP contribution < -0.4 is 5.32 Å². The van der Waals surface area contributed by atoms with Crippen molar-refractivity contribution >= 4 is 0 Å². The van der Waals surface area contributed by atoms with E-state index in [4.69, 9.17) is 4.74 Å². The van der Waals surface area contributed by atoms with Gasteiger partial charge in [-0.05, 0) is 71.1 Å². The van der Waals surface area contributed by atoms with Crippen LogP contribution in [0.4, 0.5) is 0 Å². The van der Waals surface area contributed by atoms with E-state index in [-0.39, 0.29) is 11.1 Å². The van der Waals surface area contributed by atoms with Crippen molar-refractivity contribution in [3.05, 3.63) is 0 Å².